The van der Waals surface area contributed by atoms with Gasteiger partial charge in [-0.3, -0.25) is 9.59 Å². The van der Waals surface area contributed by atoms with Crippen LogP contribution in [0.5, 0.6) is 0 Å². The van der Waals surface area contributed by atoms with Crippen molar-refractivity contribution in [1.82, 2.24) is 0 Å². The molecule has 0 heterocycles. The van der Waals surface area contributed by atoms with Crippen molar-refractivity contribution in [2.24, 2.45) is 41.4 Å². The largest absolute Gasteiger partial charge is 0.461 e. The molecule has 0 bridgehead atoms. The molecule has 5 heteroatoms. The summed E-state index contributed by atoms with van der Waals surface area (Å²) in [6, 6.07) is 0. The van der Waals surface area contributed by atoms with E-state index < -0.39 is 5.60 Å². The summed E-state index contributed by atoms with van der Waals surface area (Å²) in [5, 5.41) is 0.592. The number of rotatable bonds is 7. The molecule has 0 saturated heterocycles. The first-order valence-electron chi connectivity index (χ1n) is 17.0. The number of hydrogen-bond acceptors (Lipinski definition) is 5. The summed E-state index contributed by atoms with van der Waals surface area (Å²) in [4.78, 5) is 26.5. The zero-order valence-corrected chi connectivity index (χ0v) is 25.6. The highest BCUT2D eigenvalue weighted by Crippen LogP contribution is 2.43. The second-order valence-electron chi connectivity index (χ2n) is 14.6. The monoisotopic (exact) mass is 560 g/mol. The van der Waals surface area contributed by atoms with E-state index in [0.29, 0.717) is 5.25 Å². The molecule has 0 amide bonds. The molecule has 0 radical (unpaired) electrons. The number of carbonyl (C=O) groups excluding carboxylic acids is 2. The Morgan fingerprint density at radius 2 is 1.05 bits per heavy atom. The summed E-state index contributed by atoms with van der Waals surface area (Å²) in [6.07, 6.45) is 24.1. The number of ether oxygens (including phenoxy) is 2. The minimum atomic E-state index is -0.593. The predicted molar refractivity (Wildman–Crippen MR) is 160 cm³/mol. The van der Waals surface area contributed by atoms with Crippen molar-refractivity contribution >= 4 is 24.6 Å². The van der Waals surface area contributed by atoms with Crippen molar-refractivity contribution in [3.05, 3.63) is 0 Å². The quantitative estimate of drug-likeness (QED) is 0.250. The number of esters is 2. The second kappa shape index (κ2) is 14.0. The maximum Gasteiger partial charge on any atom is 0.309 e. The van der Waals surface area contributed by atoms with E-state index in [1.54, 1.807) is 0 Å². The Kier molecular flexibility index (Phi) is 10.7. The average Bonchev–Trinajstić information content (AvgIpc) is 2.97. The van der Waals surface area contributed by atoms with Gasteiger partial charge in [-0.05, 0) is 145 Å². The molecule has 0 spiro atoms. The van der Waals surface area contributed by atoms with Crippen LogP contribution in [0.4, 0.5) is 0 Å². The Bertz CT molecular complexity index is 775. The van der Waals surface area contributed by atoms with Crippen LogP contribution in [0.3, 0.4) is 0 Å². The van der Waals surface area contributed by atoms with E-state index in [0.717, 1.165) is 93.8 Å². The summed E-state index contributed by atoms with van der Waals surface area (Å²) >= 11 is 4.66. The van der Waals surface area contributed by atoms with Gasteiger partial charge >= 0.3 is 11.9 Å². The van der Waals surface area contributed by atoms with Gasteiger partial charge in [0, 0.05) is 5.25 Å². The zero-order chi connectivity index (χ0) is 27.2. The number of hydrogen-bond donors (Lipinski definition) is 1. The van der Waals surface area contributed by atoms with Gasteiger partial charge < -0.3 is 9.47 Å². The first kappa shape index (κ1) is 29.8. The Morgan fingerprint density at radius 3 is 1.56 bits per heavy atom. The van der Waals surface area contributed by atoms with E-state index in [4.69, 9.17) is 9.47 Å². The zero-order valence-electron chi connectivity index (χ0n) is 24.8. The fraction of sp³-hybridized carbons (Fsp3) is 0.941. The molecule has 0 atom stereocenters. The Hall–Kier alpha value is -0.710. The fourth-order valence-corrected chi connectivity index (χ4v) is 9.37. The highest BCUT2D eigenvalue weighted by Gasteiger charge is 2.42. The summed E-state index contributed by atoms with van der Waals surface area (Å²) in [5.74, 6) is 4.18. The van der Waals surface area contributed by atoms with E-state index in [1.165, 1.54) is 70.6 Å². The van der Waals surface area contributed by atoms with Crippen LogP contribution in [0.15, 0.2) is 0 Å². The molecular formula is C34H56O4S. The lowest BCUT2D eigenvalue weighted by molar-refractivity contribution is -0.184. The van der Waals surface area contributed by atoms with Crippen LogP contribution in [0.2, 0.25) is 0 Å². The standard InChI is InChI=1S/C34H56O4S/c1-24-5-7-25(8-6-24)26-11-15-30(16-12-26)33(36)38-34(21-3-2-4-22-34)23-37-32(35)29-13-9-27(10-14-29)28-17-19-31(39)20-18-28/h24-31,39H,2-23H2,1H3. The first-order valence-corrected chi connectivity index (χ1v) is 17.5. The predicted octanol–water partition coefficient (Wildman–Crippen LogP) is 8.70. The minimum absolute atomic E-state index is 0.0138. The smallest absolute Gasteiger partial charge is 0.309 e. The molecule has 5 aliphatic carbocycles. The Morgan fingerprint density at radius 1 is 0.615 bits per heavy atom. The summed E-state index contributed by atoms with van der Waals surface area (Å²) in [7, 11) is 0. The molecule has 4 nitrogen and oxygen atoms in total. The van der Waals surface area contributed by atoms with Crippen molar-refractivity contribution in [3.8, 4) is 0 Å². The van der Waals surface area contributed by atoms with Crippen LogP contribution in [0.1, 0.15) is 142 Å². The highest BCUT2D eigenvalue weighted by molar-refractivity contribution is 7.80. The van der Waals surface area contributed by atoms with Gasteiger partial charge in [0.2, 0.25) is 0 Å². The third-order valence-electron chi connectivity index (χ3n) is 11.9. The molecular weight excluding hydrogens is 504 g/mol. The summed E-state index contributed by atoms with van der Waals surface area (Å²) in [6.45, 7) is 2.65. The van der Waals surface area contributed by atoms with Crippen molar-refractivity contribution in [2.45, 2.75) is 153 Å². The number of carbonyl (C=O) groups is 2. The normalized spacial score (nSPS) is 39.4. The van der Waals surface area contributed by atoms with Crippen LogP contribution in [0, 0.1) is 41.4 Å². The molecule has 0 aliphatic heterocycles. The van der Waals surface area contributed by atoms with Gasteiger partial charge in [0.1, 0.15) is 12.2 Å². The van der Waals surface area contributed by atoms with Crippen molar-refractivity contribution in [2.75, 3.05) is 6.61 Å². The lowest BCUT2D eigenvalue weighted by Gasteiger charge is -2.40. The van der Waals surface area contributed by atoms with Crippen LogP contribution in [0.25, 0.3) is 0 Å². The van der Waals surface area contributed by atoms with E-state index >= 15 is 0 Å². The van der Waals surface area contributed by atoms with Gasteiger partial charge in [-0.15, -0.1) is 0 Å². The molecule has 0 aromatic heterocycles. The molecule has 5 aliphatic rings. The third kappa shape index (κ3) is 7.98. The molecule has 0 N–H and O–H groups in total. The fourth-order valence-electron chi connectivity index (χ4n) is 9.07. The third-order valence-corrected chi connectivity index (χ3v) is 12.4. The van der Waals surface area contributed by atoms with Gasteiger partial charge in [0.05, 0.1) is 11.8 Å². The van der Waals surface area contributed by atoms with Gasteiger partial charge in [0.25, 0.3) is 0 Å². The van der Waals surface area contributed by atoms with Crippen LogP contribution in [-0.4, -0.2) is 29.4 Å². The Balaban J connectivity index is 1.07. The minimum Gasteiger partial charge on any atom is -0.461 e. The van der Waals surface area contributed by atoms with Crippen LogP contribution in [-0.2, 0) is 19.1 Å². The maximum absolute atomic E-state index is 13.4. The van der Waals surface area contributed by atoms with Gasteiger partial charge in [0.15, 0.2) is 0 Å². The van der Waals surface area contributed by atoms with Gasteiger partial charge in [-0.2, -0.15) is 12.6 Å². The molecule has 0 aromatic carbocycles. The second-order valence-corrected chi connectivity index (χ2v) is 15.3. The highest BCUT2D eigenvalue weighted by atomic mass is 32.1. The first-order chi connectivity index (χ1) is 18.9. The van der Waals surface area contributed by atoms with Crippen molar-refractivity contribution in [3.63, 3.8) is 0 Å². The van der Waals surface area contributed by atoms with E-state index in [9.17, 15) is 9.59 Å². The van der Waals surface area contributed by atoms with Crippen LogP contribution < -0.4 is 0 Å². The molecule has 0 aromatic rings. The molecule has 5 rings (SSSR count). The van der Waals surface area contributed by atoms with Crippen molar-refractivity contribution in [1.29, 1.82) is 0 Å². The molecule has 5 fully saturated rings. The van der Waals surface area contributed by atoms with E-state index in [2.05, 4.69) is 19.6 Å². The van der Waals surface area contributed by atoms with Crippen molar-refractivity contribution < 1.29 is 19.1 Å². The maximum atomic E-state index is 13.4. The SMILES string of the molecule is CC1CCC(C2CCC(C(=O)OC3(COC(=O)C4CCC(C5CCC(S)CC5)CC4)CCCCC3)CC2)CC1. The van der Waals surface area contributed by atoms with Gasteiger partial charge in [-0.25, -0.2) is 0 Å². The molecule has 222 valence electrons. The molecule has 5 saturated carbocycles. The molecule has 0 unspecified atom stereocenters. The Labute approximate surface area is 243 Å². The lowest BCUT2D eigenvalue weighted by Crippen LogP contribution is -2.45. The van der Waals surface area contributed by atoms with E-state index in [1.807, 2.05) is 0 Å². The van der Waals surface area contributed by atoms with Crippen LogP contribution >= 0.6 is 12.6 Å². The van der Waals surface area contributed by atoms with E-state index in [-0.39, 0.29) is 30.4 Å². The molecule has 39 heavy (non-hydrogen) atoms. The topological polar surface area (TPSA) is 52.6 Å². The summed E-state index contributed by atoms with van der Waals surface area (Å²) in [5.41, 5.74) is -0.593. The van der Waals surface area contributed by atoms with Gasteiger partial charge in [-0.1, -0.05) is 26.2 Å². The average molecular weight is 561 g/mol. The lowest BCUT2D eigenvalue weighted by atomic mass is 9.69. The summed E-state index contributed by atoms with van der Waals surface area (Å²) < 4.78 is 12.3. The number of thiol groups is 1.